The number of aromatic nitrogens is 1. The first-order valence-electron chi connectivity index (χ1n) is 13.6. The van der Waals surface area contributed by atoms with Crippen LogP contribution in [0.25, 0.3) is 10.2 Å². The Kier molecular flexibility index (Phi) is 9.22. The Balaban J connectivity index is 1.33. The van der Waals surface area contributed by atoms with Gasteiger partial charge in [-0.3, -0.25) is 4.79 Å². The molecule has 2 N–H and O–H groups in total. The molecule has 1 aliphatic rings. The summed E-state index contributed by atoms with van der Waals surface area (Å²) in [5.74, 6) is 0.816. The number of rotatable bonds is 13. The monoisotopic (exact) mass is 629 g/mol. The van der Waals surface area contributed by atoms with Gasteiger partial charge in [0.25, 0.3) is 0 Å². The van der Waals surface area contributed by atoms with E-state index in [4.69, 9.17) is 27.9 Å². The minimum atomic E-state index is -0.928. The average Bonchev–Trinajstić information content (AvgIpc) is 3.63. The van der Waals surface area contributed by atoms with Gasteiger partial charge in [0, 0.05) is 11.0 Å². The first-order chi connectivity index (χ1) is 19.5. The van der Waals surface area contributed by atoms with Crippen LogP contribution in [-0.4, -0.2) is 26.9 Å². The van der Waals surface area contributed by atoms with E-state index in [-0.39, 0.29) is 17.1 Å². The largest absolute Gasteiger partial charge is 0.487 e. The number of benzene rings is 2. The Morgan fingerprint density at radius 1 is 1.15 bits per heavy atom. The van der Waals surface area contributed by atoms with E-state index >= 15 is 0 Å². The molecule has 0 radical (unpaired) electrons. The topological polar surface area (TPSA) is 79.7 Å². The third-order valence-corrected chi connectivity index (χ3v) is 11.2. The summed E-state index contributed by atoms with van der Waals surface area (Å²) in [5, 5.41) is 20.8. The molecule has 216 valence electrons. The van der Waals surface area contributed by atoms with Crippen LogP contribution in [0.3, 0.4) is 0 Å². The van der Waals surface area contributed by atoms with Gasteiger partial charge in [0.05, 0.1) is 27.4 Å². The fourth-order valence-corrected chi connectivity index (χ4v) is 8.10. The van der Waals surface area contributed by atoms with Gasteiger partial charge < -0.3 is 14.9 Å². The summed E-state index contributed by atoms with van der Waals surface area (Å²) in [7, 11) is 0. The fourth-order valence-electron chi connectivity index (χ4n) is 5.12. The molecule has 1 fully saturated rings. The summed E-state index contributed by atoms with van der Waals surface area (Å²) in [6.07, 6.45) is 3.78. The number of carbonyl (C=O) groups is 1. The molecule has 1 atom stereocenters. The van der Waals surface area contributed by atoms with Crippen molar-refractivity contribution in [3.63, 3.8) is 0 Å². The molecule has 0 aliphatic heterocycles. The zero-order valence-corrected chi connectivity index (χ0v) is 26.2. The number of thiophene rings is 1. The maximum atomic E-state index is 11.5. The summed E-state index contributed by atoms with van der Waals surface area (Å²) in [6.45, 7) is 3.92. The quantitative estimate of drug-likeness (QED) is 0.153. The predicted octanol–water partition coefficient (Wildman–Crippen LogP) is 9.07. The molecule has 9 heteroatoms. The number of aryl methyl sites for hydroxylation is 1. The van der Waals surface area contributed by atoms with Gasteiger partial charge in [-0.15, -0.1) is 11.3 Å². The predicted molar refractivity (Wildman–Crippen MR) is 170 cm³/mol. The molecule has 4 aromatic rings. The van der Waals surface area contributed by atoms with Gasteiger partial charge in [0.2, 0.25) is 0 Å². The van der Waals surface area contributed by atoms with E-state index in [2.05, 4.69) is 23.2 Å². The lowest BCUT2D eigenvalue weighted by Crippen LogP contribution is -2.18. The number of aliphatic hydroxyl groups is 1. The molecule has 0 saturated heterocycles. The van der Waals surface area contributed by atoms with E-state index < -0.39 is 11.6 Å². The Morgan fingerprint density at radius 3 is 2.66 bits per heavy atom. The van der Waals surface area contributed by atoms with Crippen LogP contribution < -0.4 is 4.74 Å². The number of carboxylic acid groups (broad SMARTS) is 1. The molecule has 0 spiro atoms. The van der Waals surface area contributed by atoms with E-state index in [0.717, 1.165) is 64.3 Å². The van der Waals surface area contributed by atoms with Gasteiger partial charge >= 0.3 is 5.97 Å². The molecule has 1 saturated carbocycles. The summed E-state index contributed by atoms with van der Waals surface area (Å²) >= 11 is 15.7. The average molecular weight is 631 g/mol. The normalized spacial score (nSPS) is 15.1. The highest BCUT2D eigenvalue weighted by atomic mass is 35.5. The Morgan fingerprint density at radius 2 is 1.93 bits per heavy atom. The van der Waals surface area contributed by atoms with Crippen molar-refractivity contribution in [1.82, 2.24) is 4.98 Å². The van der Waals surface area contributed by atoms with Crippen LogP contribution in [0, 0.1) is 5.41 Å². The third-order valence-electron chi connectivity index (χ3n) is 7.54. The molecule has 2 aromatic heterocycles. The van der Waals surface area contributed by atoms with Crippen molar-refractivity contribution in [2.45, 2.75) is 63.4 Å². The molecular weight excluding hydrogens is 597 g/mol. The molecule has 41 heavy (non-hydrogen) atoms. The third kappa shape index (κ3) is 7.57. The molecule has 0 amide bonds. The summed E-state index contributed by atoms with van der Waals surface area (Å²) < 4.78 is 7.63. The van der Waals surface area contributed by atoms with Gasteiger partial charge in [0.1, 0.15) is 22.2 Å². The van der Waals surface area contributed by atoms with E-state index in [1.807, 2.05) is 68.1 Å². The van der Waals surface area contributed by atoms with Crippen molar-refractivity contribution in [1.29, 1.82) is 0 Å². The molecular formula is C32H33Cl2NO4S2. The number of ether oxygens (including phenoxy) is 1. The van der Waals surface area contributed by atoms with Crippen molar-refractivity contribution < 1.29 is 19.7 Å². The second kappa shape index (κ2) is 12.5. The highest BCUT2D eigenvalue weighted by Crippen LogP contribution is 2.53. The zero-order chi connectivity index (χ0) is 29.2. The maximum Gasteiger partial charge on any atom is 0.303 e. The number of nitrogens with zero attached hydrogens (tertiary/aromatic N) is 1. The number of pyridine rings is 1. The van der Waals surface area contributed by atoms with Gasteiger partial charge in [0.15, 0.2) is 0 Å². The second-order valence-corrected chi connectivity index (χ2v) is 14.5. The van der Waals surface area contributed by atoms with Crippen LogP contribution in [0.5, 0.6) is 5.75 Å². The Hall–Kier alpha value is -2.29. The van der Waals surface area contributed by atoms with E-state index in [0.29, 0.717) is 21.5 Å². The van der Waals surface area contributed by atoms with E-state index in [9.17, 15) is 15.0 Å². The standard InChI is InChI=1S/C32H33Cl2NO4S2/c1-31(2,38)24-9-4-3-6-20(24)10-12-25(40-19-32(14-15-32)17-27(36)37)21-7-5-8-23(16-21)39-18-22-11-13-26-29(35-22)28(33)30(34)41-26/h3-9,11,13,16,25,38H,10,12,14-15,17-19H2,1-2H3,(H,36,37)/t25-/m1/s1. The maximum absolute atomic E-state index is 11.5. The van der Waals surface area contributed by atoms with Crippen LogP contribution in [0.2, 0.25) is 9.36 Å². The molecule has 0 unspecified atom stereocenters. The zero-order valence-electron chi connectivity index (χ0n) is 23.0. The first-order valence-corrected chi connectivity index (χ1v) is 16.3. The number of halogens is 2. The van der Waals surface area contributed by atoms with Crippen molar-refractivity contribution in [3.8, 4) is 5.75 Å². The molecule has 5 rings (SSSR count). The highest BCUT2D eigenvalue weighted by Gasteiger charge is 2.44. The number of carboxylic acids is 1. The van der Waals surface area contributed by atoms with Crippen LogP contribution in [0.1, 0.15) is 67.2 Å². The van der Waals surface area contributed by atoms with Gasteiger partial charge in [-0.25, -0.2) is 4.98 Å². The fraction of sp³-hybridized carbons (Fsp3) is 0.375. The SMILES string of the molecule is CC(C)(O)c1ccccc1CC[C@@H](SCC1(CC(=O)O)CC1)c1cccc(OCc2ccc3sc(Cl)c(Cl)c3n2)c1. The van der Waals surface area contributed by atoms with Crippen LogP contribution in [0.15, 0.2) is 60.7 Å². The summed E-state index contributed by atoms with van der Waals surface area (Å²) in [5.41, 5.74) is 3.61. The smallest absolute Gasteiger partial charge is 0.303 e. The van der Waals surface area contributed by atoms with E-state index in [1.54, 1.807) is 0 Å². The molecule has 0 bridgehead atoms. The van der Waals surface area contributed by atoms with Crippen LogP contribution in [-0.2, 0) is 23.4 Å². The number of aliphatic carboxylic acids is 1. The summed E-state index contributed by atoms with van der Waals surface area (Å²) in [6, 6.07) is 20.0. The minimum Gasteiger partial charge on any atom is -0.487 e. The van der Waals surface area contributed by atoms with Gasteiger partial charge in [-0.2, -0.15) is 11.8 Å². The molecule has 2 heterocycles. The van der Waals surface area contributed by atoms with Crippen molar-refractivity contribution in [2.24, 2.45) is 5.41 Å². The summed E-state index contributed by atoms with van der Waals surface area (Å²) in [4.78, 5) is 16.1. The number of hydrogen-bond acceptors (Lipinski definition) is 6. The van der Waals surface area contributed by atoms with Gasteiger partial charge in [-0.05, 0) is 85.9 Å². The number of fused-ring (bicyclic) bond motifs is 1. The van der Waals surface area contributed by atoms with E-state index in [1.165, 1.54) is 11.3 Å². The lowest BCUT2D eigenvalue weighted by Gasteiger charge is -2.24. The highest BCUT2D eigenvalue weighted by molar-refractivity contribution is 7.99. The van der Waals surface area contributed by atoms with Crippen LogP contribution >= 0.6 is 46.3 Å². The van der Waals surface area contributed by atoms with Gasteiger partial charge in [-0.1, -0.05) is 59.6 Å². The number of hydrogen-bond donors (Lipinski definition) is 2. The lowest BCUT2D eigenvalue weighted by atomic mass is 9.90. The molecule has 5 nitrogen and oxygen atoms in total. The number of thioether (sulfide) groups is 1. The van der Waals surface area contributed by atoms with Crippen LogP contribution in [0.4, 0.5) is 0 Å². The first kappa shape index (κ1) is 30.2. The van der Waals surface area contributed by atoms with Crippen molar-refractivity contribution in [3.05, 3.63) is 92.4 Å². The molecule has 1 aliphatic carbocycles. The second-order valence-electron chi connectivity index (χ2n) is 11.3. The Bertz CT molecular complexity index is 1540. The minimum absolute atomic E-state index is 0.107. The van der Waals surface area contributed by atoms with Crippen molar-refractivity contribution >= 4 is 62.5 Å². The lowest BCUT2D eigenvalue weighted by molar-refractivity contribution is -0.138. The molecule has 2 aromatic carbocycles. The Labute approximate surface area is 258 Å². The van der Waals surface area contributed by atoms with Crippen molar-refractivity contribution in [2.75, 3.05) is 5.75 Å².